The Kier molecular flexibility index (Phi) is 5.84. The molecule has 5 nitrogen and oxygen atoms in total. The standard InChI is InChI=1S/C20H31N3O2/c1-15(2)18-14-23(12-6-11-22(18)13-16-9-10-16)20(24)21-17-7-4-5-8-19(17)25-3/h4-5,7-8,15-16,18H,6,9-14H2,1-3H3,(H,21,24). The lowest BCUT2D eigenvalue weighted by Gasteiger charge is -2.34. The van der Waals surface area contributed by atoms with E-state index in [9.17, 15) is 4.79 Å². The number of benzene rings is 1. The summed E-state index contributed by atoms with van der Waals surface area (Å²) in [7, 11) is 1.63. The lowest BCUT2D eigenvalue weighted by Crippen LogP contribution is -2.47. The highest BCUT2D eigenvalue weighted by molar-refractivity contribution is 5.91. The Morgan fingerprint density at radius 1 is 1.28 bits per heavy atom. The van der Waals surface area contributed by atoms with Gasteiger partial charge in [-0.3, -0.25) is 4.90 Å². The molecule has 1 aliphatic carbocycles. The van der Waals surface area contributed by atoms with Gasteiger partial charge < -0.3 is 15.0 Å². The van der Waals surface area contributed by atoms with Crippen LogP contribution >= 0.6 is 0 Å². The van der Waals surface area contributed by atoms with E-state index >= 15 is 0 Å². The second-order valence-corrected chi connectivity index (χ2v) is 7.68. The molecule has 25 heavy (non-hydrogen) atoms. The molecule has 1 unspecified atom stereocenters. The van der Waals surface area contributed by atoms with Gasteiger partial charge >= 0.3 is 6.03 Å². The number of ether oxygens (including phenoxy) is 1. The molecule has 2 aliphatic rings. The lowest BCUT2D eigenvalue weighted by molar-refractivity contribution is 0.140. The van der Waals surface area contributed by atoms with Crippen molar-refractivity contribution in [3.63, 3.8) is 0 Å². The van der Waals surface area contributed by atoms with Crippen LogP contribution in [0, 0.1) is 11.8 Å². The third kappa shape index (κ3) is 4.66. The van der Waals surface area contributed by atoms with Crippen LogP contribution in [-0.4, -0.2) is 55.2 Å². The van der Waals surface area contributed by atoms with Gasteiger partial charge in [-0.2, -0.15) is 0 Å². The highest BCUT2D eigenvalue weighted by Crippen LogP contribution is 2.32. The van der Waals surface area contributed by atoms with Gasteiger partial charge in [0.15, 0.2) is 0 Å². The maximum absolute atomic E-state index is 12.8. The average molecular weight is 345 g/mol. The fourth-order valence-electron chi connectivity index (χ4n) is 3.68. The SMILES string of the molecule is COc1ccccc1NC(=O)N1CCCN(CC2CC2)C(C(C)C)C1. The normalized spacial score (nSPS) is 21.9. The molecular formula is C20H31N3O2. The van der Waals surface area contributed by atoms with Crippen LogP contribution in [0.3, 0.4) is 0 Å². The van der Waals surface area contributed by atoms with E-state index in [0.29, 0.717) is 17.7 Å². The van der Waals surface area contributed by atoms with Gasteiger partial charge in [-0.15, -0.1) is 0 Å². The van der Waals surface area contributed by atoms with Crippen LogP contribution in [0.4, 0.5) is 10.5 Å². The van der Waals surface area contributed by atoms with Gasteiger partial charge in [-0.25, -0.2) is 4.79 Å². The maximum atomic E-state index is 12.8. The molecule has 1 aromatic carbocycles. The van der Waals surface area contributed by atoms with Gasteiger partial charge in [-0.1, -0.05) is 26.0 Å². The quantitative estimate of drug-likeness (QED) is 0.885. The molecule has 0 aromatic heterocycles. The first-order chi connectivity index (χ1) is 12.1. The van der Waals surface area contributed by atoms with Gasteiger partial charge in [0, 0.05) is 32.2 Å². The lowest BCUT2D eigenvalue weighted by atomic mass is 10.0. The highest BCUT2D eigenvalue weighted by atomic mass is 16.5. The van der Waals surface area contributed by atoms with E-state index < -0.39 is 0 Å². The van der Waals surface area contributed by atoms with Crippen molar-refractivity contribution in [2.24, 2.45) is 11.8 Å². The molecule has 1 N–H and O–H groups in total. The fourth-order valence-corrected chi connectivity index (χ4v) is 3.68. The van der Waals surface area contributed by atoms with Crippen LogP contribution in [-0.2, 0) is 0 Å². The zero-order valence-corrected chi connectivity index (χ0v) is 15.7. The van der Waals surface area contributed by atoms with Crippen molar-refractivity contribution in [1.29, 1.82) is 0 Å². The molecule has 2 amide bonds. The summed E-state index contributed by atoms with van der Waals surface area (Å²) in [6.07, 6.45) is 3.79. The van der Waals surface area contributed by atoms with E-state index in [-0.39, 0.29) is 6.03 Å². The second kappa shape index (κ2) is 8.09. The van der Waals surface area contributed by atoms with E-state index in [0.717, 1.165) is 37.7 Å². The summed E-state index contributed by atoms with van der Waals surface area (Å²) in [6, 6.07) is 7.98. The van der Waals surface area contributed by atoms with Gasteiger partial charge in [0.1, 0.15) is 5.75 Å². The molecule has 1 aromatic rings. The fraction of sp³-hybridized carbons (Fsp3) is 0.650. The minimum absolute atomic E-state index is 0.0246. The third-order valence-corrected chi connectivity index (χ3v) is 5.34. The molecule has 138 valence electrons. The number of nitrogens with one attached hydrogen (secondary N) is 1. The maximum Gasteiger partial charge on any atom is 0.322 e. The summed E-state index contributed by atoms with van der Waals surface area (Å²) in [4.78, 5) is 17.4. The van der Waals surface area contributed by atoms with Crippen molar-refractivity contribution < 1.29 is 9.53 Å². The Balaban J connectivity index is 1.67. The monoisotopic (exact) mass is 345 g/mol. The van der Waals surface area contributed by atoms with E-state index in [1.807, 2.05) is 29.2 Å². The Morgan fingerprint density at radius 3 is 2.72 bits per heavy atom. The topological polar surface area (TPSA) is 44.8 Å². The van der Waals surface area contributed by atoms with Crippen molar-refractivity contribution in [1.82, 2.24) is 9.80 Å². The van der Waals surface area contributed by atoms with Crippen LogP contribution in [0.5, 0.6) is 5.75 Å². The van der Waals surface area contributed by atoms with E-state index in [1.54, 1.807) is 7.11 Å². The van der Waals surface area contributed by atoms with Crippen molar-refractivity contribution in [2.45, 2.75) is 39.2 Å². The molecule has 0 bridgehead atoms. The van der Waals surface area contributed by atoms with Crippen LogP contribution < -0.4 is 10.1 Å². The molecule has 0 radical (unpaired) electrons. The van der Waals surface area contributed by atoms with Crippen molar-refractivity contribution in [2.75, 3.05) is 38.6 Å². The van der Waals surface area contributed by atoms with Crippen molar-refractivity contribution in [3.8, 4) is 5.75 Å². The summed E-state index contributed by atoms with van der Waals surface area (Å²) in [6.45, 7) is 8.44. The molecule has 1 atom stereocenters. The number of carbonyl (C=O) groups is 1. The molecular weight excluding hydrogens is 314 g/mol. The molecule has 0 spiro atoms. The van der Waals surface area contributed by atoms with Crippen LogP contribution in [0.25, 0.3) is 0 Å². The van der Waals surface area contributed by atoms with Gasteiger partial charge in [-0.05, 0) is 43.2 Å². The first kappa shape index (κ1) is 18.1. The number of amides is 2. The number of urea groups is 1. The Morgan fingerprint density at radius 2 is 2.04 bits per heavy atom. The summed E-state index contributed by atoms with van der Waals surface area (Å²) in [5.41, 5.74) is 0.732. The number of hydrogen-bond acceptors (Lipinski definition) is 3. The van der Waals surface area contributed by atoms with E-state index in [2.05, 4.69) is 24.1 Å². The summed E-state index contributed by atoms with van der Waals surface area (Å²) < 4.78 is 5.34. The molecule has 3 rings (SSSR count). The van der Waals surface area contributed by atoms with Crippen molar-refractivity contribution in [3.05, 3.63) is 24.3 Å². The molecule has 5 heteroatoms. The highest BCUT2D eigenvalue weighted by Gasteiger charge is 2.33. The number of hydrogen-bond donors (Lipinski definition) is 1. The molecule has 2 fully saturated rings. The number of rotatable bonds is 5. The third-order valence-electron chi connectivity index (χ3n) is 5.34. The minimum atomic E-state index is -0.0246. The number of nitrogens with zero attached hydrogens (tertiary/aromatic N) is 2. The van der Waals surface area contributed by atoms with Crippen molar-refractivity contribution >= 4 is 11.7 Å². The Bertz CT molecular complexity index is 586. The summed E-state index contributed by atoms with van der Waals surface area (Å²) in [5, 5.41) is 3.03. The first-order valence-electron chi connectivity index (χ1n) is 9.51. The number of methoxy groups -OCH3 is 1. The second-order valence-electron chi connectivity index (χ2n) is 7.68. The predicted octanol–water partition coefficient (Wildman–Crippen LogP) is 3.67. The van der Waals surface area contributed by atoms with E-state index in [4.69, 9.17) is 4.74 Å². The number of para-hydroxylation sites is 2. The summed E-state index contributed by atoms with van der Waals surface area (Å²) >= 11 is 0. The number of carbonyl (C=O) groups excluding carboxylic acids is 1. The molecule has 1 saturated carbocycles. The van der Waals surface area contributed by atoms with E-state index in [1.165, 1.54) is 19.4 Å². The van der Waals surface area contributed by atoms with Crippen LogP contribution in [0.1, 0.15) is 33.1 Å². The Labute approximate surface area is 151 Å². The Hall–Kier alpha value is -1.75. The number of anilines is 1. The van der Waals surface area contributed by atoms with Gasteiger partial charge in [0.25, 0.3) is 0 Å². The summed E-state index contributed by atoms with van der Waals surface area (Å²) in [5.74, 6) is 2.12. The molecule has 1 heterocycles. The average Bonchev–Trinajstić information content (AvgIpc) is 3.42. The smallest absolute Gasteiger partial charge is 0.322 e. The van der Waals surface area contributed by atoms with Crippen LogP contribution in [0.15, 0.2) is 24.3 Å². The first-order valence-corrected chi connectivity index (χ1v) is 9.51. The van der Waals surface area contributed by atoms with Gasteiger partial charge in [0.2, 0.25) is 0 Å². The zero-order chi connectivity index (χ0) is 17.8. The minimum Gasteiger partial charge on any atom is -0.495 e. The largest absolute Gasteiger partial charge is 0.495 e. The zero-order valence-electron chi connectivity index (χ0n) is 15.7. The predicted molar refractivity (Wildman–Crippen MR) is 101 cm³/mol. The van der Waals surface area contributed by atoms with Crippen LogP contribution in [0.2, 0.25) is 0 Å². The molecule has 1 aliphatic heterocycles. The molecule has 1 saturated heterocycles. The van der Waals surface area contributed by atoms with Gasteiger partial charge in [0.05, 0.1) is 12.8 Å².